The quantitative estimate of drug-likeness (QED) is 0.924. The fraction of sp³-hybridized carbons (Fsp3) is 0.600. The molecule has 2 atom stereocenters. The van der Waals surface area contributed by atoms with Crippen LogP contribution in [0, 0.1) is 0 Å². The van der Waals surface area contributed by atoms with Crippen LogP contribution in [0.2, 0.25) is 0 Å². The Hall–Kier alpha value is -1.27. The summed E-state index contributed by atoms with van der Waals surface area (Å²) in [7, 11) is 0. The summed E-state index contributed by atoms with van der Waals surface area (Å²) in [6.45, 7) is 4.06. The molecule has 1 aromatic carbocycles. The van der Waals surface area contributed by atoms with Crippen LogP contribution in [0.3, 0.4) is 0 Å². The van der Waals surface area contributed by atoms with Crippen molar-refractivity contribution in [1.82, 2.24) is 0 Å². The number of aliphatic hydroxyl groups is 1. The lowest BCUT2D eigenvalue weighted by atomic mass is 9.77. The average molecular weight is 304 g/mol. The Kier molecular flexibility index (Phi) is 4.22. The number of ether oxygens (including phenoxy) is 2. The van der Waals surface area contributed by atoms with Gasteiger partial charge in [-0.15, -0.1) is 13.2 Å². The Labute approximate surface area is 121 Å². The highest BCUT2D eigenvalue weighted by molar-refractivity contribution is 5.38. The van der Waals surface area contributed by atoms with Crippen molar-refractivity contribution in [3.63, 3.8) is 0 Å². The first-order chi connectivity index (χ1) is 9.68. The van der Waals surface area contributed by atoms with Crippen molar-refractivity contribution in [3.8, 4) is 5.75 Å². The number of hydrogen-bond donors (Lipinski definition) is 1. The van der Waals surface area contributed by atoms with Gasteiger partial charge in [0.25, 0.3) is 0 Å². The summed E-state index contributed by atoms with van der Waals surface area (Å²) in [5, 5.41) is 10.9. The zero-order valence-corrected chi connectivity index (χ0v) is 12.0. The number of para-hydroxylation sites is 1. The molecule has 118 valence electrons. The second-order valence-corrected chi connectivity index (χ2v) is 5.65. The Balaban J connectivity index is 2.36. The van der Waals surface area contributed by atoms with Crippen molar-refractivity contribution in [1.29, 1.82) is 0 Å². The fourth-order valence-electron chi connectivity index (χ4n) is 2.75. The maximum absolute atomic E-state index is 12.5. The number of benzene rings is 1. The molecule has 2 rings (SSSR count). The van der Waals surface area contributed by atoms with Crippen LogP contribution >= 0.6 is 0 Å². The normalized spacial score (nSPS) is 30.2. The molecule has 1 fully saturated rings. The van der Waals surface area contributed by atoms with E-state index < -0.39 is 17.6 Å². The SMILES string of the molecule is CCC1(C)CC(O)(c2ccccc2OC(F)(F)F)CCO1. The summed E-state index contributed by atoms with van der Waals surface area (Å²) in [5.74, 6) is -0.354. The van der Waals surface area contributed by atoms with Gasteiger partial charge in [-0.25, -0.2) is 0 Å². The smallest absolute Gasteiger partial charge is 0.405 e. The standard InChI is InChI=1S/C15H19F3O3/c1-3-13(2)10-14(19,8-9-20-13)11-6-4-5-7-12(11)21-15(16,17)18/h4-7,19H,3,8-10H2,1-2H3. The van der Waals surface area contributed by atoms with Crippen LogP contribution in [0.4, 0.5) is 13.2 Å². The van der Waals surface area contributed by atoms with Crippen LogP contribution in [-0.2, 0) is 10.3 Å². The van der Waals surface area contributed by atoms with Crippen LogP contribution in [0.5, 0.6) is 5.75 Å². The van der Waals surface area contributed by atoms with Gasteiger partial charge in [-0.1, -0.05) is 25.1 Å². The van der Waals surface area contributed by atoms with E-state index in [1.807, 2.05) is 13.8 Å². The molecule has 1 aromatic rings. The molecule has 0 amide bonds. The fourth-order valence-corrected chi connectivity index (χ4v) is 2.75. The summed E-state index contributed by atoms with van der Waals surface area (Å²) < 4.78 is 47.2. The molecule has 0 aromatic heterocycles. The molecule has 1 saturated heterocycles. The molecule has 6 heteroatoms. The van der Waals surface area contributed by atoms with Crippen molar-refractivity contribution in [2.75, 3.05) is 6.61 Å². The molecule has 1 aliphatic heterocycles. The minimum absolute atomic E-state index is 0.158. The van der Waals surface area contributed by atoms with E-state index in [0.29, 0.717) is 13.0 Å². The molecule has 0 saturated carbocycles. The summed E-state index contributed by atoms with van der Waals surface area (Å²) in [6, 6.07) is 5.74. The molecule has 3 nitrogen and oxygen atoms in total. The van der Waals surface area contributed by atoms with Gasteiger partial charge in [0.15, 0.2) is 0 Å². The Morgan fingerprint density at radius 1 is 1.33 bits per heavy atom. The minimum Gasteiger partial charge on any atom is -0.405 e. The number of hydrogen-bond acceptors (Lipinski definition) is 3. The number of halogens is 3. The van der Waals surface area contributed by atoms with E-state index in [1.54, 1.807) is 6.07 Å². The van der Waals surface area contributed by atoms with Crippen molar-refractivity contribution in [2.45, 2.75) is 50.7 Å². The molecule has 0 aliphatic carbocycles. The Bertz CT molecular complexity index is 503. The van der Waals surface area contributed by atoms with Crippen LogP contribution in [0.15, 0.2) is 24.3 Å². The van der Waals surface area contributed by atoms with Gasteiger partial charge in [0, 0.05) is 18.4 Å². The molecule has 0 radical (unpaired) electrons. The zero-order chi connectivity index (χ0) is 15.7. The Morgan fingerprint density at radius 3 is 2.62 bits per heavy atom. The summed E-state index contributed by atoms with van der Waals surface area (Å²) in [5.41, 5.74) is -1.78. The van der Waals surface area contributed by atoms with Crippen LogP contribution in [0.25, 0.3) is 0 Å². The third-order valence-electron chi connectivity index (χ3n) is 3.99. The molecule has 0 spiro atoms. The number of alkyl halides is 3. The molecule has 1 N–H and O–H groups in total. The lowest BCUT2D eigenvalue weighted by molar-refractivity contribution is -0.275. The van der Waals surface area contributed by atoms with E-state index in [9.17, 15) is 18.3 Å². The Morgan fingerprint density at radius 2 is 2.00 bits per heavy atom. The monoisotopic (exact) mass is 304 g/mol. The van der Waals surface area contributed by atoms with Gasteiger partial charge in [0.2, 0.25) is 0 Å². The molecule has 1 aliphatic rings. The minimum atomic E-state index is -4.79. The lowest BCUT2D eigenvalue weighted by Crippen LogP contribution is -2.45. The number of rotatable bonds is 3. The molecule has 0 bridgehead atoms. The van der Waals surface area contributed by atoms with Gasteiger partial charge in [-0.2, -0.15) is 0 Å². The van der Waals surface area contributed by atoms with Gasteiger partial charge in [0.05, 0.1) is 17.8 Å². The van der Waals surface area contributed by atoms with Gasteiger partial charge in [-0.05, 0) is 19.4 Å². The van der Waals surface area contributed by atoms with Crippen LogP contribution < -0.4 is 4.74 Å². The topological polar surface area (TPSA) is 38.7 Å². The first kappa shape index (κ1) is 16.1. The van der Waals surface area contributed by atoms with Crippen LogP contribution in [-0.4, -0.2) is 23.7 Å². The predicted molar refractivity (Wildman–Crippen MR) is 70.9 cm³/mol. The van der Waals surface area contributed by atoms with E-state index in [2.05, 4.69) is 4.74 Å². The highest BCUT2D eigenvalue weighted by atomic mass is 19.4. The maximum atomic E-state index is 12.5. The highest BCUT2D eigenvalue weighted by Gasteiger charge is 2.44. The largest absolute Gasteiger partial charge is 0.573 e. The summed E-state index contributed by atoms with van der Waals surface area (Å²) >= 11 is 0. The van der Waals surface area contributed by atoms with Gasteiger partial charge in [0.1, 0.15) is 5.75 Å². The molecular weight excluding hydrogens is 285 g/mol. The van der Waals surface area contributed by atoms with E-state index in [1.165, 1.54) is 18.2 Å². The zero-order valence-electron chi connectivity index (χ0n) is 12.0. The summed E-state index contributed by atoms with van der Waals surface area (Å²) in [4.78, 5) is 0. The van der Waals surface area contributed by atoms with E-state index in [4.69, 9.17) is 4.74 Å². The van der Waals surface area contributed by atoms with E-state index in [-0.39, 0.29) is 24.2 Å². The van der Waals surface area contributed by atoms with Crippen molar-refractivity contribution in [2.24, 2.45) is 0 Å². The second kappa shape index (κ2) is 5.50. The maximum Gasteiger partial charge on any atom is 0.573 e. The molecule has 21 heavy (non-hydrogen) atoms. The van der Waals surface area contributed by atoms with Gasteiger partial charge in [-0.3, -0.25) is 0 Å². The highest BCUT2D eigenvalue weighted by Crippen LogP contribution is 2.44. The molecular formula is C15H19F3O3. The first-order valence-corrected chi connectivity index (χ1v) is 6.89. The van der Waals surface area contributed by atoms with Crippen LogP contribution in [0.1, 0.15) is 38.7 Å². The van der Waals surface area contributed by atoms with Gasteiger partial charge < -0.3 is 14.6 Å². The molecule has 2 unspecified atom stereocenters. The second-order valence-electron chi connectivity index (χ2n) is 5.65. The van der Waals surface area contributed by atoms with E-state index in [0.717, 1.165) is 0 Å². The third kappa shape index (κ3) is 3.68. The van der Waals surface area contributed by atoms with Gasteiger partial charge >= 0.3 is 6.36 Å². The van der Waals surface area contributed by atoms with Crippen molar-refractivity contribution >= 4 is 0 Å². The lowest BCUT2D eigenvalue weighted by Gasteiger charge is -2.43. The van der Waals surface area contributed by atoms with Crippen molar-refractivity contribution in [3.05, 3.63) is 29.8 Å². The predicted octanol–water partition coefficient (Wildman–Crippen LogP) is 3.75. The third-order valence-corrected chi connectivity index (χ3v) is 3.99. The van der Waals surface area contributed by atoms with E-state index >= 15 is 0 Å². The summed E-state index contributed by atoms with van der Waals surface area (Å²) in [6.07, 6.45) is -3.65. The van der Waals surface area contributed by atoms with Crippen molar-refractivity contribution < 1.29 is 27.8 Å². The molecule has 1 heterocycles. The first-order valence-electron chi connectivity index (χ1n) is 6.89. The average Bonchev–Trinajstić information content (AvgIpc) is 2.37.